The normalized spacial score (nSPS) is 10.6. The van der Waals surface area contributed by atoms with Gasteiger partial charge in [0.2, 0.25) is 0 Å². The number of carbonyl (C=O) groups is 1. The van der Waals surface area contributed by atoms with Crippen molar-refractivity contribution in [2.24, 2.45) is 7.05 Å². The number of hydrogen-bond acceptors (Lipinski definition) is 4. The molecule has 1 aromatic carbocycles. The number of methoxy groups -OCH3 is 1. The number of rotatable bonds is 4. The smallest absolute Gasteiger partial charge is 0.153 e. The van der Waals surface area contributed by atoms with E-state index in [1.54, 1.807) is 28.9 Å². The average molecular weight is 282 g/mol. The summed E-state index contributed by atoms with van der Waals surface area (Å²) in [5.41, 5.74) is 2.74. The maximum Gasteiger partial charge on any atom is 0.153 e. The molecule has 0 unspecified atom stereocenters. The van der Waals surface area contributed by atoms with Crippen molar-refractivity contribution < 1.29 is 9.53 Å². The number of benzene rings is 1. The maximum atomic E-state index is 11.3. The van der Waals surface area contributed by atoms with Crippen molar-refractivity contribution in [3.8, 4) is 22.8 Å². The first kappa shape index (κ1) is 13.1. The molecule has 2 heterocycles. The third kappa shape index (κ3) is 2.31. The number of nitrogens with zero attached hydrogens (tertiary/aromatic N) is 4. The van der Waals surface area contributed by atoms with Crippen molar-refractivity contribution in [2.75, 3.05) is 7.11 Å². The van der Waals surface area contributed by atoms with Gasteiger partial charge in [-0.05, 0) is 18.2 Å². The number of aryl methyl sites for hydroxylation is 1. The Kier molecular flexibility index (Phi) is 3.27. The van der Waals surface area contributed by atoms with Crippen molar-refractivity contribution in [2.45, 2.75) is 0 Å². The highest BCUT2D eigenvalue weighted by molar-refractivity contribution is 5.84. The summed E-state index contributed by atoms with van der Waals surface area (Å²) >= 11 is 0. The number of carbonyl (C=O) groups excluding carboxylic acids is 1. The molecule has 3 rings (SSSR count). The van der Waals surface area contributed by atoms with E-state index < -0.39 is 0 Å². The second-order valence-electron chi connectivity index (χ2n) is 4.54. The highest BCUT2D eigenvalue weighted by Crippen LogP contribution is 2.23. The van der Waals surface area contributed by atoms with Gasteiger partial charge in [0, 0.05) is 25.5 Å². The summed E-state index contributed by atoms with van der Waals surface area (Å²) in [5.74, 6) is 0.734. The molecule has 3 aromatic rings. The van der Waals surface area contributed by atoms with Crippen LogP contribution >= 0.6 is 0 Å². The second kappa shape index (κ2) is 5.24. The van der Waals surface area contributed by atoms with Crippen LogP contribution in [0.1, 0.15) is 10.4 Å². The van der Waals surface area contributed by atoms with Crippen molar-refractivity contribution >= 4 is 6.29 Å². The van der Waals surface area contributed by atoms with Crippen LogP contribution in [-0.2, 0) is 7.05 Å². The molecule has 0 aliphatic carbocycles. The summed E-state index contributed by atoms with van der Waals surface area (Å²) in [4.78, 5) is 11.3. The molecule has 0 saturated carbocycles. The van der Waals surface area contributed by atoms with Crippen LogP contribution in [0.15, 0.2) is 42.7 Å². The van der Waals surface area contributed by atoms with E-state index in [9.17, 15) is 4.79 Å². The van der Waals surface area contributed by atoms with Gasteiger partial charge < -0.3 is 4.74 Å². The molecule has 6 heteroatoms. The van der Waals surface area contributed by atoms with E-state index in [1.807, 2.05) is 37.4 Å². The largest absolute Gasteiger partial charge is 0.497 e. The van der Waals surface area contributed by atoms with Gasteiger partial charge in [0.15, 0.2) is 6.29 Å². The van der Waals surface area contributed by atoms with Gasteiger partial charge in [-0.25, -0.2) is 4.68 Å². The second-order valence-corrected chi connectivity index (χ2v) is 4.54. The van der Waals surface area contributed by atoms with Crippen LogP contribution in [0, 0.1) is 0 Å². The zero-order valence-corrected chi connectivity index (χ0v) is 11.7. The number of aromatic nitrogens is 4. The predicted octanol–water partition coefficient (Wildman–Crippen LogP) is 2.09. The maximum absolute atomic E-state index is 11.3. The summed E-state index contributed by atoms with van der Waals surface area (Å²) in [6.45, 7) is 0. The first-order valence-electron chi connectivity index (χ1n) is 6.40. The van der Waals surface area contributed by atoms with Gasteiger partial charge >= 0.3 is 0 Å². The Morgan fingerprint density at radius 1 is 1.29 bits per heavy atom. The third-order valence-electron chi connectivity index (χ3n) is 3.25. The molecule has 0 aliphatic rings. The fourth-order valence-corrected chi connectivity index (χ4v) is 2.16. The van der Waals surface area contributed by atoms with Crippen LogP contribution in [-0.4, -0.2) is 33.0 Å². The Labute approximate surface area is 121 Å². The lowest BCUT2D eigenvalue weighted by Gasteiger charge is -2.04. The van der Waals surface area contributed by atoms with E-state index in [-0.39, 0.29) is 0 Å². The Morgan fingerprint density at radius 3 is 2.81 bits per heavy atom. The van der Waals surface area contributed by atoms with Crippen molar-refractivity contribution in [3.05, 3.63) is 48.3 Å². The van der Waals surface area contributed by atoms with Crippen LogP contribution in [0.5, 0.6) is 5.75 Å². The van der Waals surface area contributed by atoms with Crippen molar-refractivity contribution in [3.63, 3.8) is 0 Å². The molecule has 0 N–H and O–H groups in total. The van der Waals surface area contributed by atoms with Gasteiger partial charge in [0.1, 0.15) is 11.4 Å². The standard InChI is InChI=1S/C15H14N4O2/c1-18-14(6-7-16-18)15-11(10-20)9-19(17-15)12-4-3-5-13(8-12)21-2/h3-10H,1-2H3. The van der Waals surface area contributed by atoms with E-state index in [4.69, 9.17) is 4.74 Å². The summed E-state index contributed by atoms with van der Waals surface area (Å²) in [7, 11) is 3.43. The average Bonchev–Trinajstić information content (AvgIpc) is 3.12. The van der Waals surface area contributed by atoms with Crippen molar-refractivity contribution in [1.29, 1.82) is 0 Å². The fraction of sp³-hybridized carbons (Fsp3) is 0.133. The number of aldehydes is 1. The summed E-state index contributed by atoms with van der Waals surface area (Å²) in [5, 5.41) is 8.61. The Bertz CT molecular complexity index is 789. The van der Waals surface area contributed by atoms with Gasteiger partial charge in [-0.1, -0.05) is 6.07 Å². The molecule has 0 saturated heterocycles. The van der Waals surface area contributed by atoms with Crippen molar-refractivity contribution in [1.82, 2.24) is 19.6 Å². The Hall–Kier alpha value is -2.89. The van der Waals surface area contributed by atoms with Gasteiger partial charge in [-0.2, -0.15) is 10.2 Å². The lowest BCUT2D eigenvalue weighted by atomic mass is 10.2. The third-order valence-corrected chi connectivity index (χ3v) is 3.25. The molecule has 21 heavy (non-hydrogen) atoms. The Morgan fingerprint density at radius 2 is 2.14 bits per heavy atom. The minimum Gasteiger partial charge on any atom is -0.497 e. The van der Waals surface area contributed by atoms with Crippen LogP contribution < -0.4 is 4.74 Å². The lowest BCUT2D eigenvalue weighted by molar-refractivity contribution is 0.112. The molecule has 0 spiro atoms. The zero-order valence-electron chi connectivity index (χ0n) is 11.7. The molecule has 0 radical (unpaired) electrons. The van der Waals surface area contributed by atoms with Gasteiger partial charge in [-0.15, -0.1) is 0 Å². The zero-order chi connectivity index (χ0) is 14.8. The van der Waals surface area contributed by atoms with Crippen LogP contribution in [0.2, 0.25) is 0 Å². The minimum atomic E-state index is 0.515. The first-order chi connectivity index (χ1) is 10.2. The van der Waals surface area contributed by atoms with Gasteiger partial charge in [-0.3, -0.25) is 9.48 Å². The summed E-state index contributed by atoms with van der Waals surface area (Å²) in [6.07, 6.45) is 4.17. The van der Waals surface area contributed by atoms with Crippen LogP contribution in [0.25, 0.3) is 17.1 Å². The highest BCUT2D eigenvalue weighted by atomic mass is 16.5. The molecule has 0 fully saturated rings. The molecule has 0 aliphatic heterocycles. The van der Waals surface area contributed by atoms with E-state index in [2.05, 4.69) is 10.2 Å². The topological polar surface area (TPSA) is 61.9 Å². The first-order valence-corrected chi connectivity index (χ1v) is 6.40. The predicted molar refractivity (Wildman–Crippen MR) is 77.7 cm³/mol. The quantitative estimate of drug-likeness (QED) is 0.687. The molecule has 2 aromatic heterocycles. The molecular weight excluding hydrogens is 268 g/mol. The molecule has 0 atom stereocenters. The molecule has 0 bridgehead atoms. The van der Waals surface area contributed by atoms with Gasteiger partial charge in [0.25, 0.3) is 0 Å². The Balaban J connectivity index is 2.11. The highest BCUT2D eigenvalue weighted by Gasteiger charge is 2.14. The van der Waals surface area contributed by atoms with Crippen LogP contribution in [0.4, 0.5) is 0 Å². The van der Waals surface area contributed by atoms with E-state index >= 15 is 0 Å². The van der Waals surface area contributed by atoms with E-state index in [0.29, 0.717) is 11.3 Å². The number of ether oxygens (including phenoxy) is 1. The molecule has 0 amide bonds. The number of hydrogen-bond donors (Lipinski definition) is 0. The summed E-state index contributed by atoms with van der Waals surface area (Å²) < 4.78 is 8.55. The minimum absolute atomic E-state index is 0.515. The fourth-order valence-electron chi connectivity index (χ4n) is 2.16. The molecule has 6 nitrogen and oxygen atoms in total. The van der Waals surface area contributed by atoms with Gasteiger partial charge in [0.05, 0.1) is 24.1 Å². The van der Waals surface area contributed by atoms with E-state index in [0.717, 1.165) is 23.4 Å². The lowest BCUT2D eigenvalue weighted by Crippen LogP contribution is -1.98. The summed E-state index contributed by atoms with van der Waals surface area (Å²) in [6, 6.07) is 9.31. The monoisotopic (exact) mass is 282 g/mol. The SMILES string of the molecule is COc1cccc(-n2cc(C=O)c(-c3ccnn3C)n2)c1. The molecule has 106 valence electrons. The van der Waals surface area contributed by atoms with E-state index in [1.165, 1.54) is 0 Å². The van der Waals surface area contributed by atoms with Crippen LogP contribution in [0.3, 0.4) is 0 Å². The molecular formula is C15H14N4O2.